The third kappa shape index (κ3) is 4.52. The Hall–Kier alpha value is -3.88. The van der Waals surface area contributed by atoms with Crippen LogP contribution in [0.1, 0.15) is 21.6 Å². The number of nitrogen functional groups attached to an aromatic ring is 1. The molecule has 1 heterocycles. The number of hydrogen-bond donors (Lipinski definition) is 4. The predicted octanol–water partition coefficient (Wildman–Crippen LogP) is 4.79. The number of benzene rings is 2. The molecule has 3 rings (SSSR count). The van der Waals surface area contributed by atoms with Crippen LogP contribution in [0, 0.1) is 5.41 Å². The van der Waals surface area contributed by atoms with Crippen molar-refractivity contribution in [3.8, 4) is 11.1 Å². The quantitative estimate of drug-likeness (QED) is 0.363. The highest BCUT2D eigenvalue weighted by Gasteiger charge is 2.32. The second kappa shape index (κ2) is 7.63. The summed E-state index contributed by atoms with van der Waals surface area (Å²) in [5, 5.41) is 19.5. The molecule has 0 aliphatic carbocycles. The summed E-state index contributed by atoms with van der Waals surface area (Å²) in [7, 11) is 0. The molecule has 148 valence electrons. The van der Waals surface area contributed by atoms with Crippen molar-refractivity contribution < 1.29 is 23.1 Å². The molecule has 0 radical (unpaired) electrons. The molecule has 0 amide bonds. The van der Waals surface area contributed by atoms with Gasteiger partial charge in [0, 0.05) is 23.2 Å². The van der Waals surface area contributed by atoms with E-state index in [1.54, 1.807) is 24.3 Å². The van der Waals surface area contributed by atoms with Crippen molar-refractivity contribution in [2.75, 3.05) is 11.1 Å². The van der Waals surface area contributed by atoms with Crippen molar-refractivity contribution in [2.45, 2.75) is 6.18 Å². The van der Waals surface area contributed by atoms with Gasteiger partial charge in [0.1, 0.15) is 11.5 Å². The molecule has 1 aromatic heterocycles. The van der Waals surface area contributed by atoms with E-state index < -0.39 is 17.8 Å². The maximum absolute atomic E-state index is 12.9. The fourth-order valence-electron chi connectivity index (χ4n) is 2.71. The number of aromatic nitrogens is 1. The molecule has 0 fully saturated rings. The van der Waals surface area contributed by atoms with Gasteiger partial charge in [0.2, 0.25) is 0 Å². The Balaban J connectivity index is 2.03. The molecule has 3 aromatic rings. The zero-order valence-corrected chi connectivity index (χ0v) is 14.8. The zero-order chi connectivity index (χ0) is 21.2. The van der Waals surface area contributed by atoms with Gasteiger partial charge in [-0.2, -0.15) is 13.2 Å². The van der Waals surface area contributed by atoms with Crippen LogP contribution in [0.3, 0.4) is 0 Å². The molecule has 0 aliphatic heterocycles. The van der Waals surface area contributed by atoms with E-state index in [9.17, 15) is 23.1 Å². The molecule has 6 nitrogen and oxygen atoms in total. The van der Waals surface area contributed by atoms with Crippen molar-refractivity contribution in [3.63, 3.8) is 0 Å². The SMILES string of the molecule is N=Cc1ccc(-c2cc(N)cc(C(=O)O)c2)cc1Nc1cccc(C(F)(F)F)n1. The van der Waals surface area contributed by atoms with Gasteiger partial charge in [-0.3, -0.25) is 0 Å². The molecule has 0 aliphatic rings. The largest absolute Gasteiger partial charge is 0.478 e. The van der Waals surface area contributed by atoms with Crippen molar-refractivity contribution >= 4 is 29.4 Å². The maximum Gasteiger partial charge on any atom is 0.433 e. The summed E-state index contributed by atoms with van der Waals surface area (Å²) >= 11 is 0. The lowest BCUT2D eigenvalue weighted by Gasteiger charge is -2.13. The lowest BCUT2D eigenvalue weighted by molar-refractivity contribution is -0.141. The van der Waals surface area contributed by atoms with Gasteiger partial charge in [0.25, 0.3) is 0 Å². The van der Waals surface area contributed by atoms with Crippen LogP contribution in [-0.4, -0.2) is 22.3 Å². The average molecular weight is 400 g/mol. The van der Waals surface area contributed by atoms with Crippen LogP contribution in [0.25, 0.3) is 11.1 Å². The molecular formula is C20H15F3N4O2. The van der Waals surface area contributed by atoms with E-state index in [0.717, 1.165) is 12.3 Å². The molecule has 0 atom stereocenters. The molecule has 5 N–H and O–H groups in total. The molecule has 9 heteroatoms. The minimum absolute atomic E-state index is 0.00480. The van der Waals surface area contributed by atoms with Crippen LogP contribution >= 0.6 is 0 Å². The van der Waals surface area contributed by atoms with Gasteiger partial charge >= 0.3 is 12.1 Å². The fourth-order valence-corrected chi connectivity index (χ4v) is 2.71. The molecule has 0 unspecified atom stereocenters. The summed E-state index contributed by atoms with van der Waals surface area (Å²) < 4.78 is 38.7. The molecule has 0 saturated heterocycles. The normalized spacial score (nSPS) is 11.1. The van der Waals surface area contributed by atoms with E-state index in [2.05, 4.69) is 10.3 Å². The number of hydrogen-bond acceptors (Lipinski definition) is 5. The topological polar surface area (TPSA) is 112 Å². The fraction of sp³-hybridized carbons (Fsp3) is 0.0500. The van der Waals surface area contributed by atoms with Crippen molar-refractivity contribution in [1.29, 1.82) is 5.41 Å². The first-order valence-electron chi connectivity index (χ1n) is 8.27. The Bertz CT molecular complexity index is 1100. The van der Waals surface area contributed by atoms with Gasteiger partial charge in [-0.05, 0) is 47.5 Å². The lowest BCUT2D eigenvalue weighted by Crippen LogP contribution is -2.09. The Morgan fingerprint density at radius 2 is 1.86 bits per heavy atom. The number of alkyl halides is 3. The number of halogens is 3. The van der Waals surface area contributed by atoms with Crippen molar-refractivity contribution in [1.82, 2.24) is 4.98 Å². The predicted molar refractivity (Wildman–Crippen MR) is 104 cm³/mol. The monoisotopic (exact) mass is 400 g/mol. The van der Waals surface area contributed by atoms with E-state index in [1.165, 1.54) is 24.3 Å². The van der Waals surface area contributed by atoms with Gasteiger partial charge in [-0.1, -0.05) is 18.2 Å². The number of anilines is 3. The van der Waals surface area contributed by atoms with E-state index in [-0.39, 0.29) is 17.1 Å². The summed E-state index contributed by atoms with van der Waals surface area (Å²) in [6.45, 7) is 0. The lowest BCUT2D eigenvalue weighted by atomic mass is 9.99. The highest BCUT2D eigenvalue weighted by atomic mass is 19.4. The number of rotatable bonds is 5. The average Bonchev–Trinajstić information content (AvgIpc) is 2.67. The molecule has 29 heavy (non-hydrogen) atoms. The number of carboxylic acids is 1. The minimum Gasteiger partial charge on any atom is -0.478 e. The Morgan fingerprint density at radius 1 is 1.10 bits per heavy atom. The number of carboxylic acid groups (broad SMARTS) is 1. The third-order valence-electron chi connectivity index (χ3n) is 4.05. The van der Waals surface area contributed by atoms with Crippen molar-refractivity contribution in [2.24, 2.45) is 0 Å². The molecule has 2 aromatic carbocycles. The number of nitrogens with one attached hydrogen (secondary N) is 2. The summed E-state index contributed by atoms with van der Waals surface area (Å²) in [5.41, 5.74) is 6.82. The summed E-state index contributed by atoms with van der Waals surface area (Å²) in [6, 6.07) is 12.6. The van der Waals surface area contributed by atoms with Gasteiger partial charge in [0.15, 0.2) is 0 Å². The van der Waals surface area contributed by atoms with Gasteiger partial charge in [0.05, 0.1) is 5.56 Å². The number of nitrogens with two attached hydrogens (primary N) is 1. The molecule has 0 bridgehead atoms. The smallest absolute Gasteiger partial charge is 0.433 e. The first kappa shape index (κ1) is 19.9. The van der Waals surface area contributed by atoms with E-state index >= 15 is 0 Å². The Morgan fingerprint density at radius 3 is 2.52 bits per heavy atom. The van der Waals surface area contributed by atoms with Gasteiger partial charge in [-0.25, -0.2) is 9.78 Å². The highest BCUT2D eigenvalue weighted by molar-refractivity contribution is 5.93. The number of nitrogens with zero attached hydrogens (tertiary/aromatic N) is 1. The Labute approximate surface area is 163 Å². The summed E-state index contributed by atoms with van der Waals surface area (Å²) in [4.78, 5) is 14.8. The number of pyridine rings is 1. The standard InChI is InChI=1S/C20H15F3N4O2/c21-20(22,23)17-2-1-3-18(27-17)26-16-9-11(4-5-12(16)10-24)13-6-14(19(28)29)8-15(25)7-13/h1-10,24H,25H2,(H,26,27)(H,28,29). The second-order valence-corrected chi connectivity index (χ2v) is 6.13. The van der Waals surface area contributed by atoms with E-state index in [4.69, 9.17) is 11.1 Å². The molecule has 0 spiro atoms. The van der Waals surface area contributed by atoms with Gasteiger partial charge in [-0.15, -0.1) is 0 Å². The van der Waals surface area contributed by atoms with Crippen LogP contribution in [0.2, 0.25) is 0 Å². The van der Waals surface area contributed by atoms with Crippen LogP contribution in [0.15, 0.2) is 54.6 Å². The highest BCUT2D eigenvalue weighted by Crippen LogP contribution is 2.31. The maximum atomic E-state index is 12.9. The number of aromatic carboxylic acids is 1. The van der Waals surface area contributed by atoms with Gasteiger partial charge < -0.3 is 21.6 Å². The van der Waals surface area contributed by atoms with E-state index in [1.807, 2.05) is 0 Å². The third-order valence-corrected chi connectivity index (χ3v) is 4.05. The van der Waals surface area contributed by atoms with Crippen LogP contribution in [-0.2, 0) is 6.18 Å². The van der Waals surface area contributed by atoms with Crippen molar-refractivity contribution in [3.05, 3.63) is 71.4 Å². The molecular weight excluding hydrogens is 385 g/mol. The molecule has 0 saturated carbocycles. The van der Waals surface area contributed by atoms with Crippen LogP contribution in [0.5, 0.6) is 0 Å². The Kier molecular flexibility index (Phi) is 5.22. The minimum atomic E-state index is -4.58. The van der Waals surface area contributed by atoms with Crippen LogP contribution < -0.4 is 11.1 Å². The van der Waals surface area contributed by atoms with Crippen LogP contribution in [0.4, 0.5) is 30.4 Å². The summed E-state index contributed by atoms with van der Waals surface area (Å²) in [5.74, 6) is -1.18. The second-order valence-electron chi connectivity index (χ2n) is 6.13. The first-order valence-corrected chi connectivity index (χ1v) is 8.27. The number of carbonyl (C=O) groups is 1. The van der Waals surface area contributed by atoms with E-state index in [0.29, 0.717) is 22.4 Å². The first-order chi connectivity index (χ1) is 13.7. The zero-order valence-electron chi connectivity index (χ0n) is 14.8. The summed E-state index contributed by atoms with van der Waals surface area (Å²) in [6.07, 6.45) is -3.54.